The Morgan fingerprint density at radius 2 is 1.52 bits per heavy atom. The molecule has 1 aliphatic rings. The van der Waals surface area contributed by atoms with Crippen molar-refractivity contribution >= 4 is 23.6 Å². The Labute approximate surface area is 162 Å². The van der Waals surface area contributed by atoms with E-state index in [-0.39, 0.29) is 5.91 Å². The highest BCUT2D eigenvalue weighted by atomic mass is 32.2. The van der Waals surface area contributed by atoms with Crippen molar-refractivity contribution in [3.05, 3.63) is 72.7 Å². The van der Waals surface area contributed by atoms with Crippen molar-refractivity contribution in [3.63, 3.8) is 0 Å². The highest BCUT2D eigenvalue weighted by Gasteiger charge is 2.25. The minimum atomic E-state index is 0.0233. The predicted molar refractivity (Wildman–Crippen MR) is 105 cm³/mol. The third kappa shape index (κ3) is 4.09. The van der Waals surface area contributed by atoms with E-state index in [9.17, 15) is 4.79 Å². The molecule has 27 heavy (non-hydrogen) atoms. The van der Waals surface area contributed by atoms with E-state index in [2.05, 4.69) is 19.9 Å². The molecule has 7 heteroatoms. The van der Waals surface area contributed by atoms with Crippen LogP contribution in [-0.4, -0.2) is 51.9 Å². The molecule has 0 aliphatic carbocycles. The Bertz CT molecular complexity index is 899. The van der Waals surface area contributed by atoms with Gasteiger partial charge in [0.15, 0.2) is 0 Å². The highest BCUT2D eigenvalue weighted by Crippen LogP contribution is 2.29. The molecule has 4 rings (SSSR count). The van der Waals surface area contributed by atoms with Crippen LogP contribution in [0.25, 0.3) is 0 Å². The molecule has 0 bridgehead atoms. The van der Waals surface area contributed by atoms with E-state index in [1.807, 2.05) is 47.4 Å². The van der Waals surface area contributed by atoms with Crippen molar-refractivity contribution < 1.29 is 4.79 Å². The average molecular weight is 377 g/mol. The number of hydrogen-bond donors (Lipinski definition) is 0. The molecule has 1 fully saturated rings. The van der Waals surface area contributed by atoms with Gasteiger partial charge in [0.05, 0.1) is 5.56 Å². The van der Waals surface area contributed by atoms with Crippen LogP contribution in [0.3, 0.4) is 0 Å². The van der Waals surface area contributed by atoms with Crippen molar-refractivity contribution in [2.75, 3.05) is 31.1 Å². The van der Waals surface area contributed by atoms with Gasteiger partial charge in [-0.1, -0.05) is 30.0 Å². The summed E-state index contributed by atoms with van der Waals surface area (Å²) in [5, 5.41) is 0.738. The van der Waals surface area contributed by atoms with Gasteiger partial charge in [-0.05, 0) is 30.3 Å². The summed E-state index contributed by atoms with van der Waals surface area (Å²) in [7, 11) is 0. The van der Waals surface area contributed by atoms with E-state index in [1.54, 1.807) is 24.7 Å². The number of piperazine rings is 1. The van der Waals surface area contributed by atoms with Gasteiger partial charge in [-0.2, -0.15) is 0 Å². The monoisotopic (exact) mass is 377 g/mol. The van der Waals surface area contributed by atoms with Crippen LogP contribution in [0.4, 0.5) is 5.95 Å². The van der Waals surface area contributed by atoms with Crippen LogP contribution in [0.5, 0.6) is 0 Å². The van der Waals surface area contributed by atoms with Crippen LogP contribution >= 0.6 is 11.8 Å². The molecule has 0 unspecified atom stereocenters. The third-order valence-corrected chi connectivity index (χ3v) is 5.39. The number of benzene rings is 1. The quantitative estimate of drug-likeness (QED) is 0.697. The first kappa shape index (κ1) is 17.5. The molecule has 6 nitrogen and oxygen atoms in total. The predicted octanol–water partition coefficient (Wildman–Crippen LogP) is 2.99. The number of carbonyl (C=O) groups is 1. The fourth-order valence-electron chi connectivity index (χ4n) is 2.97. The van der Waals surface area contributed by atoms with Gasteiger partial charge in [-0.3, -0.25) is 4.79 Å². The normalized spacial score (nSPS) is 14.2. The molecule has 1 aliphatic heterocycles. The lowest BCUT2D eigenvalue weighted by molar-refractivity contribution is 0.0742. The zero-order valence-electron chi connectivity index (χ0n) is 14.7. The molecule has 3 aromatic rings. The lowest BCUT2D eigenvalue weighted by Crippen LogP contribution is -2.49. The second-order valence-corrected chi connectivity index (χ2v) is 7.16. The van der Waals surface area contributed by atoms with Crippen LogP contribution in [0.1, 0.15) is 10.4 Å². The van der Waals surface area contributed by atoms with Crippen molar-refractivity contribution in [2.24, 2.45) is 0 Å². The first-order valence-corrected chi connectivity index (χ1v) is 9.62. The van der Waals surface area contributed by atoms with Crippen LogP contribution in [-0.2, 0) is 0 Å². The van der Waals surface area contributed by atoms with E-state index in [4.69, 9.17) is 0 Å². The summed E-state index contributed by atoms with van der Waals surface area (Å²) in [6.07, 6.45) is 5.21. The summed E-state index contributed by atoms with van der Waals surface area (Å²) in [5.74, 6) is 0.737. The minimum Gasteiger partial charge on any atom is -0.337 e. The molecule has 0 N–H and O–H groups in total. The van der Waals surface area contributed by atoms with Gasteiger partial charge in [0.2, 0.25) is 5.95 Å². The number of aromatic nitrogens is 3. The van der Waals surface area contributed by atoms with E-state index >= 15 is 0 Å². The molecule has 0 radical (unpaired) electrons. The first-order chi connectivity index (χ1) is 13.3. The molecule has 2 aromatic heterocycles. The summed E-state index contributed by atoms with van der Waals surface area (Å²) in [5.41, 5.74) is 0.649. The van der Waals surface area contributed by atoms with Crippen LogP contribution in [0.15, 0.2) is 77.0 Å². The number of pyridine rings is 1. The van der Waals surface area contributed by atoms with Gasteiger partial charge in [0.1, 0.15) is 5.03 Å². The summed E-state index contributed by atoms with van der Waals surface area (Å²) < 4.78 is 0. The minimum absolute atomic E-state index is 0.0233. The van der Waals surface area contributed by atoms with Gasteiger partial charge in [0.25, 0.3) is 5.91 Å². The number of anilines is 1. The Morgan fingerprint density at radius 1 is 0.815 bits per heavy atom. The van der Waals surface area contributed by atoms with Gasteiger partial charge >= 0.3 is 0 Å². The maximum atomic E-state index is 13.1. The number of amides is 1. The third-order valence-electron chi connectivity index (χ3n) is 4.36. The van der Waals surface area contributed by atoms with E-state index in [1.165, 1.54) is 11.8 Å². The second-order valence-electron chi connectivity index (χ2n) is 6.10. The molecular weight excluding hydrogens is 358 g/mol. The molecule has 0 spiro atoms. The van der Waals surface area contributed by atoms with Gasteiger partial charge in [-0.15, -0.1) is 0 Å². The topological polar surface area (TPSA) is 62.2 Å². The summed E-state index contributed by atoms with van der Waals surface area (Å²) in [6.45, 7) is 2.72. The van der Waals surface area contributed by atoms with Crippen LogP contribution < -0.4 is 4.90 Å². The second kappa shape index (κ2) is 8.18. The summed E-state index contributed by atoms with van der Waals surface area (Å²) >= 11 is 1.51. The van der Waals surface area contributed by atoms with Gasteiger partial charge in [0, 0.05) is 49.7 Å². The number of hydrogen-bond acceptors (Lipinski definition) is 6. The molecule has 136 valence electrons. The Balaban J connectivity index is 1.46. The summed E-state index contributed by atoms with van der Waals surface area (Å²) in [4.78, 5) is 31.1. The molecule has 0 saturated carbocycles. The van der Waals surface area contributed by atoms with E-state index in [0.717, 1.165) is 23.0 Å². The maximum absolute atomic E-state index is 13.1. The van der Waals surface area contributed by atoms with E-state index in [0.29, 0.717) is 24.6 Å². The van der Waals surface area contributed by atoms with Crippen molar-refractivity contribution in [1.29, 1.82) is 0 Å². The Morgan fingerprint density at radius 3 is 2.26 bits per heavy atom. The van der Waals surface area contributed by atoms with Crippen molar-refractivity contribution in [1.82, 2.24) is 19.9 Å². The Kier molecular flexibility index (Phi) is 5.29. The largest absolute Gasteiger partial charge is 0.337 e. The number of rotatable bonds is 4. The first-order valence-electron chi connectivity index (χ1n) is 8.80. The number of nitrogens with zero attached hydrogens (tertiary/aromatic N) is 5. The summed E-state index contributed by atoms with van der Waals surface area (Å²) in [6, 6.07) is 15.5. The molecule has 1 amide bonds. The number of carbonyl (C=O) groups excluding carboxylic acids is 1. The molecular formula is C20H19N5OS. The smallest absolute Gasteiger partial charge is 0.256 e. The molecule has 1 aromatic carbocycles. The average Bonchev–Trinajstić information content (AvgIpc) is 2.75. The Hall–Kier alpha value is -2.93. The van der Waals surface area contributed by atoms with Crippen LogP contribution in [0, 0.1) is 0 Å². The molecule has 3 heterocycles. The molecule has 1 saturated heterocycles. The van der Waals surface area contributed by atoms with Crippen LogP contribution in [0.2, 0.25) is 0 Å². The lowest BCUT2D eigenvalue weighted by Gasteiger charge is -2.34. The fourth-order valence-corrected chi connectivity index (χ4v) is 3.86. The van der Waals surface area contributed by atoms with E-state index < -0.39 is 0 Å². The highest BCUT2D eigenvalue weighted by molar-refractivity contribution is 7.99. The standard InChI is InChI=1S/C20H19N5OS/c26-19(24-12-14-25(15-13-24)20-22-10-5-11-23-20)17-8-4-9-21-18(17)27-16-6-2-1-3-7-16/h1-11H,12-15H2. The van der Waals surface area contributed by atoms with Gasteiger partial charge < -0.3 is 9.80 Å². The zero-order valence-corrected chi connectivity index (χ0v) is 15.5. The van der Waals surface area contributed by atoms with Crippen molar-refractivity contribution in [2.45, 2.75) is 9.92 Å². The maximum Gasteiger partial charge on any atom is 0.256 e. The lowest BCUT2D eigenvalue weighted by atomic mass is 10.2. The molecule has 0 atom stereocenters. The van der Waals surface area contributed by atoms with Crippen molar-refractivity contribution in [3.8, 4) is 0 Å². The van der Waals surface area contributed by atoms with Gasteiger partial charge in [-0.25, -0.2) is 15.0 Å². The SMILES string of the molecule is O=C(c1cccnc1Sc1ccccc1)N1CCN(c2ncccn2)CC1. The fraction of sp³-hybridized carbons (Fsp3) is 0.200. The zero-order chi connectivity index (χ0) is 18.5.